The maximum absolute atomic E-state index is 6.05. The average Bonchev–Trinajstić information content (AvgIpc) is 2.35. The summed E-state index contributed by atoms with van der Waals surface area (Å²) in [5, 5.41) is 0. The van der Waals surface area contributed by atoms with E-state index in [2.05, 4.69) is 25.7 Å². The summed E-state index contributed by atoms with van der Waals surface area (Å²) in [6.45, 7) is 10.3. The lowest BCUT2D eigenvalue weighted by Crippen LogP contribution is -2.54. The number of unbranched alkanes of at least 4 members (excludes halogenated alkanes) is 3. The first-order valence-corrected chi connectivity index (χ1v) is 7.57. The van der Waals surface area contributed by atoms with Gasteiger partial charge in [-0.2, -0.15) is 0 Å². The molecule has 0 bridgehead atoms. The van der Waals surface area contributed by atoms with E-state index in [0.717, 1.165) is 12.5 Å². The first-order chi connectivity index (χ1) is 8.12. The molecular weight excluding hydrogens is 208 g/mol. The standard InChI is InChI=1S/C15H32N2/c1-4-5-6-7-10-15(3,13-16)17-11-8-14(2)9-12-17/h14H,4-13,16H2,1-3H3. The molecule has 0 spiro atoms. The van der Waals surface area contributed by atoms with Crippen LogP contribution < -0.4 is 5.73 Å². The molecule has 0 amide bonds. The molecule has 1 atom stereocenters. The number of nitrogens with two attached hydrogens (primary N) is 1. The third-order valence-corrected chi connectivity index (χ3v) is 4.56. The van der Waals surface area contributed by atoms with E-state index >= 15 is 0 Å². The lowest BCUT2D eigenvalue weighted by Gasteiger charge is -2.44. The maximum atomic E-state index is 6.05. The minimum atomic E-state index is 0.258. The highest BCUT2D eigenvalue weighted by Gasteiger charge is 2.31. The topological polar surface area (TPSA) is 29.3 Å². The lowest BCUT2D eigenvalue weighted by atomic mass is 9.88. The fourth-order valence-corrected chi connectivity index (χ4v) is 2.87. The monoisotopic (exact) mass is 240 g/mol. The molecule has 0 aromatic rings. The number of piperidine rings is 1. The van der Waals surface area contributed by atoms with E-state index in [0.29, 0.717) is 0 Å². The van der Waals surface area contributed by atoms with E-state index in [1.54, 1.807) is 0 Å². The first kappa shape index (κ1) is 15.0. The Hall–Kier alpha value is -0.0800. The fraction of sp³-hybridized carbons (Fsp3) is 1.00. The molecule has 1 heterocycles. The van der Waals surface area contributed by atoms with Gasteiger partial charge in [0, 0.05) is 12.1 Å². The summed E-state index contributed by atoms with van der Waals surface area (Å²) in [5.41, 5.74) is 6.30. The molecule has 1 saturated heterocycles. The van der Waals surface area contributed by atoms with Gasteiger partial charge in [-0.25, -0.2) is 0 Å². The number of rotatable bonds is 7. The third-order valence-electron chi connectivity index (χ3n) is 4.56. The Labute approximate surface area is 108 Å². The summed E-state index contributed by atoms with van der Waals surface area (Å²) < 4.78 is 0. The van der Waals surface area contributed by atoms with Crippen molar-refractivity contribution in [2.24, 2.45) is 11.7 Å². The summed E-state index contributed by atoms with van der Waals surface area (Å²) in [4.78, 5) is 2.65. The van der Waals surface area contributed by atoms with Gasteiger partial charge in [-0.3, -0.25) is 4.90 Å². The zero-order valence-corrected chi connectivity index (χ0v) is 12.2. The molecule has 0 aliphatic carbocycles. The van der Waals surface area contributed by atoms with E-state index in [4.69, 9.17) is 5.73 Å². The van der Waals surface area contributed by atoms with Crippen LogP contribution in [0.4, 0.5) is 0 Å². The van der Waals surface area contributed by atoms with E-state index in [-0.39, 0.29) is 5.54 Å². The Morgan fingerprint density at radius 1 is 1.18 bits per heavy atom. The molecule has 0 aromatic heterocycles. The van der Waals surface area contributed by atoms with Crippen molar-refractivity contribution in [3.05, 3.63) is 0 Å². The van der Waals surface area contributed by atoms with Gasteiger partial charge >= 0.3 is 0 Å². The second-order valence-electron chi connectivity index (χ2n) is 6.18. The molecule has 2 N–H and O–H groups in total. The Bertz CT molecular complexity index is 197. The van der Waals surface area contributed by atoms with Crippen LogP contribution in [-0.4, -0.2) is 30.1 Å². The van der Waals surface area contributed by atoms with Crippen LogP contribution in [-0.2, 0) is 0 Å². The van der Waals surface area contributed by atoms with Crippen molar-refractivity contribution in [3.63, 3.8) is 0 Å². The molecule has 1 rings (SSSR count). The SMILES string of the molecule is CCCCCCC(C)(CN)N1CCC(C)CC1. The second-order valence-corrected chi connectivity index (χ2v) is 6.18. The lowest BCUT2D eigenvalue weighted by molar-refractivity contribution is 0.0622. The van der Waals surface area contributed by atoms with Gasteiger partial charge in [-0.05, 0) is 45.2 Å². The first-order valence-electron chi connectivity index (χ1n) is 7.57. The minimum Gasteiger partial charge on any atom is -0.329 e. The van der Waals surface area contributed by atoms with Gasteiger partial charge in [0.05, 0.1) is 0 Å². The number of likely N-dealkylation sites (tertiary alicyclic amines) is 1. The maximum Gasteiger partial charge on any atom is 0.0303 e. The van der Waals surface area contributed by atoms with Crippen molar-refractivity contribution in [2.75, 3.05) is 19.6 Å². The molecule has 1 aliphatic heterocycles. The van der Waals surface area contributed by atoms with Crippen molar-refractivity contribution in [1.82, 2.24) is 4.90 Å². The molecule has 2 nitrogen and oxygen atoms in total. The van der Waals surface area contributed by atoms with Gasteiger partial charge in [-0.1, -0.05) is 39.5 Å². The third kappa shape index (κ3) is 4.59. The smallest absolute Gasteiger partial charge is 0.0303 e. The Morgan fingerprint density at radius 2 is 1.82 bits per heavy atom. The van der Waals surface area contributed by atoms with Crippen LogP contribution in [0.25, 0.3) is 0 Å². The molecule has 17 heavy (non-hydrogen) atoms. The van der Waals surface area contributed by atoms with Crippen molar-refractivity contribution < 1.29 is 0 Å². The Kier molecular flexibility index (Phi) is 6.50. The van der Waals surface area contributed by atoms with Crippen LogP contribution in [0.5, 0.6) is 0 Å². The molecule has 102 valence electrons. The number of hydrogen-bond acceptors (Lipinski definition) is 2. The summed E-state index contributed by atoms with van der Waals surface area (Å²) in [6.07, 6.45) is 9.38. The van der Waals surface area contributed by atoms with E-state index in [1.807, 2.05) is 0 Å². The van der Waals surface area contributed by atoms with Crippen LogP contribution in [0.3, 0.4) is 0 Å². The van der Waals surface area contributed by atoms with Gasteiger partial charge in [0.2, 0.25) is 0 Å². The molecule has 1 unspecified atom stereocenters. The summed E-state index contributed by atoms with van der Waals surface area (Å²) >= 11 is 0. The zero-order chi connectivity index (χ0) is 12.7. The minimum absolute atomic E-state index is 0.258. The highest BCUT2D eigenvalue weighted by atomic mass is 15.2. The van der Waals surface area contributed by atoms with E-state index < -0.39 is 0 Å². The molecule has 2 heteroatoms. The van der Waals surface area contributed by atoms with E-state index in [1.165, 1.54) is 58.0 Å². The van der Waals surface area contributed by atoms with Crippen molar-refractivity contribution in [3.8, 4) is 0 Å². The Morgan fingerprint density at radius 3 is 2.35 bits per heavy atom. The van der Waals surface area contributed by atoms with Crippen LogP contribution in [0.1, 0.15) is 65.7 Å². The zero-order valence-electron chi connectivity index (χ0n) is 12.2. The van der Waals surface area contributed by atoms with Gasteiger partial charge in [0.1, 0.15) is 0 Å². The quantitative estimate of drug-likeness (QED) is 0.691. The van der Waals surface area contributed by atoms with Gasteiger partial charge < -0.3 is 5.73 Å². The molecule has 1 aliphatic rings. The highest BCUT2D eigenvalue weighted by Crippen LogP contribution is 2.27. The normalized spacial score (nSPS) is 22.6. The Balaban J connectivity index is 2.38. The number of hydrogen-bond donors (Lipinski definition) is 1. The largest absolute Gasteiger partial charge is 0.329 e. The molecule has 0 aromatic carbocycles. The number of nitrogens with zero attached hydrogens (tertiary/aromatic N) is 1. The summed E-state index contributed by atoms with van der Waals surface area (Å²) in [6, 6.07) is 0. The molecule has 1 fully saturated rings. The van der Waals surface area contributed by atoms with E-state index in [9.17, 15) is 0 Å². The van der Waals surface area contributed by atoms with Gasteiger partial charge in [0.15, 0.2) is 0 Å². The van der Waals surface area contributed by atoms with Crippen molar-refractivity contribution in [2.45, 2.75) is 71.3 Å². The predicted molar refractivity (Wildman–Crippen MR) is 76.2 cm³/mol. The molecule has 0 radical (unpaired) electrons. The van der Waals surface area contributed by atoms with Crippen LogP contribution in [0.15, 0.2) is 0 Å². The van der Waals surface area contributed by atoms with Crippen LogP contribution in [0.2, 0.25) is 0 Å². The van der Waals surface area contributed by atoms with Crippen LogP contribution in [0, 0.1) is 5.92 Å². The molecular formula is C15H32N2. The average molecular weight is 240 g/mol. The van der Waals surface area contributed by atoms with Crippen molar-refractivity contribution >= 4 is 0 Å². The van der Waals surface area contributed by atoms with Crippen molar-refractivity contribution in [1.29, 1.82) is 0 Å². The second kappa shape index (κ2) is 7.38. The summed E-state index contributed by atoms with van der Waals surface area (Å²) in [5.74, 6) is 0.911. The highest BCUT2D eigenvalue weighted by molar-refractivity contribution is 4.89. The van der Waals surface area contributed by atoms with Gasteiger partial charge in [0.25, 0.3) is 0 Å². The summed E-state index contributed by atoms with van der Waals surface area (Å²) in [7, 11) is 0. The molecule has 0 saturated carbocycles. The predicted octanol–water partition coefficient (Wildman–Crippen LogP) is 3.41. The fourth-order valence-electron chi connectivity index (χ4n) is 2.87. The van der Waals surface area contributed by atoms with Crippen LogP contribution >= 0.6 is 0 Å². The van der Waals surface area contributed by atoms with Gasteiger partial charge in [-0.15, -0.1) is 0 Å².